The zero-order valence-corrected chi connectivity index (χ0v) is 63.7. The molecule has 0 amide bonds. The number of carbonyl (C=O) groups excluding carboxylic acids is 4. The van der Waals surface area contributed by atoms with E-state index in [0.717, 1.165) is 135 Å². The van der Waals surface area contributed by atoms with Gasteiger partial charge in [-0.3, -0.25) is 37.3 Å². The second-order valence-electron chi connectivity index (χ2n) is 25.9. The van der Waals surface area contributed by atoms with Gasteiger partial charge in [-0.2, -0.15) is 0 Å². The van der Waals surface area contributed by atoms with E-state index in [2.05, 4.69) is 101 Å². The molecular weight excluding hydrogens is 1280 g/mol. The van der Waals surface area contributed by atoms with Crippen LogP contribution in [0.25, 0.3) is 0 Å². The molecule has 568 valence electrons. The number of phosphoric acid groups is 2. The number of allylic oxidation sites excluding steroid dienone is 14. The molecule has 0 radical (unpaired) electrons. The Kier molecular flexibility index (Phi) is 68.9. The smallest absolute Gasteiger partial charge is 0.462 e. The molecule has 0 heterocycles. The minimum Gasteiger partial charge on any atom is -0.462 e. The Bertz CT molecular complexity index is 2190. The molecule has 5 atom stereocenters. The lowest BCUT2D eigenvalue weighted by Crippen LogP contribution is -2.30. The molecule has 98 heavy (non-hydrogen) atoms. The molecule has 0 aliphatic carbocycles. The lowest BCUT2D eigenvalue weighted by Gasteiger charge is -2.21. The summed E-state index contributed by atoms with van der Waals surface area (Å²) in [6, 6.07) is 0. The first-order valence-electron chi connectivity index (χ1n) is 38.8. The van der Waals surface area contributed by atoms with E-state index >= 15 is 0 Å². The summed E-state index contributed by atoms with van der Waals surface area (Å²) >= 11 is 0. The molecule has 0 aromatic heterocycles. The van der Waals surface area contributed by atoms with Crippen LogP contribution in [0, 0.1) is 0 Å². The highest BCUT2D eigenvalue weighted by molar-refractivity contribution is 7.47. The first-order valence-corrected chi connectivity index (χ1v) is 41.8. The van der Waals surface area contributed by atoms with Gasteiger partial charge in [0.25, 0.3) is 0 Å². The average molecular weight is 1420 g/mol. The minimum absolute atomic E-state index is 0.0742. The molecular formula is C79H140O17P2. The van der Waals surface area contributed by atoms with E-state index in [1.165, 1.54) is 116 Å². The van der Waals surface area contributed by atoms with Crippen LogP contribution >= 0.6 is 15.6 Å². The highest BCUT2D eigenvalue weighted by atomic mass is 31.2. The first kappa shape index (κ1) is 94.2. The van der Waals surface area contributed by atoms with Crippen molar-refractivity contribution in [3.63, 3.8) is 0 Å². The van der Waals surface area contributed by atoms with Gasteiger partial charge in [0.1, 0.15) is 19.3 Å². The number of carbonyl (C=O) groups is 4. The van der Waals surface area contributed by atoms with Gasteiger partial charge in [-0.1, -0.05) is 280 Å². The number of unbranched alkanes of at least 4 members (excludes halogenated alkanes) is 33. The third-order valence-electron chi connectivity index (χ3n) is 16.3. The highest BCUT2D eigenvalue weighted by Crippen LogP contribution is 2.45. The Morgan fingerprint density at radius 3 is 0.867 bits per heavy atom. The van der Waals surface area contributed by atoms with Crippen LogP contribution in [-0.4, -0.2) is 96.7 Å². The molecule has 0 aliphatic heterocycles. The van der Waals surface area contributed by atoms with E-state index in [1.54, 1.807) is 0 Å². The second-order valence-corrected chi connectivity index (χ2v) is 28.8. The standard InChI is InChI=1S/C79H140O17P2/c1-5-9-13-17-21-25-29-32-35-36-39-41-45-48-52-56-60-64-77(82)90-70-75(96-79(84)66-62-58-54-50-46-42-38-34-31-27-23-19-15-11-7-3)72-94-98(87,88)92-68-73(80)67-91-97(85,86)93-71-74(95-78(83)65-61-57-53-49-43-28-24-20-16-12-8-4)69-89-76(81)63-59-55-51-47-44-40-37-33-30-26-22-18-14-10-6-2/h9,13,21,25,32-35,37-39,41,48,52,73-75,80H,5-8,10-12,14-20,22-24,26-31,36,40,42-47,49-51,53-72H2,1-4H3,(H,85,86)(H,87,88)/b13-9-,25-21-,35-32-,37-33-,38-34-,41-39-,52-48-. The van der Waals surface area contributed by atoms with Crippen LogP contribution in [0.15, 0.2) is 85.1 Å². The molecule has 0 rings (SSSR count). The normalized spacial score (nSPS) is 14.4. The molecule has 0 spiro atoms. The molecule has 0 bridgehead atoms. The third-order valence-corrected chi connectivity index (χ3v) is 18.2. The summed E-state index contributed by atoms with van der Waals surface area (Å²) in [7, 11) is -9.96. The summed E-state index contributed by atoms with van der Waals surface area (Å²) < 4.78 is 68.4. The highest BCUT2D eigenvalue weighted by Gasteiger charge is 2.30. The SMILES string of the molecule is CC/C=C\C/C=C\C/C=C\C/C=C\C/C=C\CCCC(=O)OCC(COP(=O)(O)OCC(O)COP(=O)(O)OCC(COC(=O)CCCCCCC/C=C\CCCCCCCC)OC(=O)CCCCCCCCCCCCC)OC(=O)CCCCCCC/C=C\CCCCCCCC. The Balaban J connectivity index is 5.37. The third kappa shape index (κ3) is 70.7. The van der Waals surface area contributed by atoms with Gasteiger partial charge in [-0.25, -0.2) is 9.13 Å². The van der Waals surface area contributed by atoms with Gasteiger partial charge >= 0.3 is 39.5 Å². The van der Waals surface area contributed by atoms with Crippen molar-refractivity contribution in [2.24, 2.45) is 0 Å². The summed E-state index contributed by atoms with van der Waals surface area (Å²) in [6.07, 6.45) is 72.9. The Labute approximate surface area is 595 Å². The Morgan fingerprint density at radius 2 is 0.541 bits per heavy atom. The number of phosphoric ester groups is 2. The van der Waals surface area contributed by atoms with Crippen molar-refractivity contribution < 1.29 is 80.2 Å². The van der Waals surface area contributed by atoms with Crippen LogP contribution in [0.4, 0.5) is 0 Å². The number of aliphatic hydroxyl groups excluding tert-OH is 1. The van der Waals surface area contributed by atoms with E-state index < -0.39 is 97.5 Å². The molecule has 0 saturated carbocycles. The van der Waals surface area contributed by atoms with Gasteiger partial charge in [0, 0.05) is 25.7 Å². The van der Waals surface area contributed by atoms with Gasteiger partial charge in [-0.15, -0.1) is 0 Å². The van der Waals surface area contributed by atoms with Gasteiger partial charge in [0.05, 0.1) is 26.4 Å². The van der Waals surface area contributed by atoms with Crippen molar-refractivity contribution in [2.75, 3.05) is 39.6 Å². The fourth-order valence-electron chi connectivity index (χ4n) is 10.4. The summed E-state index contributed by atoms with van der Waals surface area (Å²) in [6.45, 7) is 4.70. The van der Waals surface area contributed by atoms with E-state index in [-0.39, 0.29) is 25.7 Å². The molecule has 19 heteroatoms. The maximum atomic E-state index is 13.1. The van der Waals surface area contributed by atoms with Crippen molar-refractivity contribution in [1.82, 2.24) is 0 Å². The first-order chi connectivity index (χ1) is 47.7. The predicted molar refractivity (Wildman–Crippen MR) is 399 cm³/mol. The van der Waals surface area contributed by atoms with Gasteiger partial charge in [0.2, 0.25) is 0 Å². The summed E-state index contributed by atoms with van der Waals surface area (Å²) in [5, 5.41) is 10.6. The maximum Gasteiger partial charge on any atom is 0.472 e. The predicted octanol–water partition coefficient (Wildman–Crippen LogP) is 22.2. The Hall–Kier alpha value is -3.76. The van der Waals surface area contributed by atoms with Crippen LogP contribution < -0.4 is 0 Å². The van der Waals surface area contributed by atoms with E-state index in [4.69, 9.17) is 37.0 Å². The molecule has 0 aromatic rings. The topological polar surface area (TPSA) is 237 Å². The number of hydrogen-bond acceptors (Lipinski definition) is 15. The van der Waals surface area contributed by atoms with Crippen LogP contribution in [0.3, 0.4) is 0 Å². The molecule has 0 aromatic carbocycles. The number of hydrogen-bond donors (Lipinski definition) is 3. The molecule has 3 N–H and O–H groups in total. The summed E-state index contributed by atoms with van der Waals surface area (Å²) in [5.41, 5.74) is 0. The number of rotatable bonds is 73. The van der Waals surface area contributed by atoms with Crippen molar-refractivity contribution in [2.45, 2.75) is 354 Å². The second kappa shape index (κ2) is 71.6. The lowest BCUT2D eigenvalue weighted by molar-refractivity contribution is -0.161. The zero-order valence-electron chi connectivity index (χ0n) is 62.0. The van der Waals surface area contributed by atoms with Crippen molar-refractivity contribution in [1.29, 1.82) is 0 Å². The molecule has 5 unspecified atom stereocenters. The molecule has 0 aliphatic rings. The zero-order chi connectivity index (χ0) is 71.8. The van der Waals surface area contributed by atoms with Crippen LogP contribution in [0.2, 0.25) is 0 Å². The Morgan fingerprint density at radius 1 is 0.296 bits per heavy atom. The monoisotopic (exact) mass is 1420 g/mol. The lowest BCUT2D eigenvalue weighted by atomic mass is 10.1. The van der Waals surface area contributed by atoms with Gasteiger partial charge in [-0.05, 0) is 116 Å². The number of esters is 4. The number of aliphatic hydroxyl groups is 1. The van der Waals surface area contributed by atoms with E-state index in [0.29, 0.717) is 32.1 Å². The van der Waals surface area contributed by atoms with Gasteiger partial charge in [0.15, 0.2) is 12.2 Å². The van der Waals surface area contributed by atoms with Crippen molar-refractivity contribution in [3.05, 3.63) is 85.1 Å². The quantitative estimate of drug-likeness (QED) is 0.0169. The van der Waals surface area contributed by atoms with Crippen LogP contribution in [0.1, 0.15) is 336 Å². The van der Waals surface area contributed by atoms with Crippen LogP contribution in [-0.2, 0) is 65.4 Å². The van der Waals surface area contributed by atoms with Crippen molar-refractivity contribution in [3.8, 4) is 0 Å². The van der Waals surface area contributed by atoms with E-state index in [1.807, 2.05) is 12.2 Å². The fraction of sp³-hybridized carbons (Fsp3) is 0.772. The van der Waals surface area contributed by atoms with E-state index in [9.17, 15) is 43.2 Å². The maximum absolute atomic E-state index is 13.1. The molecule has 17 nitrogen and oxygen atoms in total. The van der Waals surface area contributed by atoms with Crippen molar-refractivity contribution >= 4 is 39.5 Å². The molecule has 0 saturated heterocycles. The largest absolute Gasteiger partial charge is 0.472 e. The molecule has 0 fully saturated rings. The van der Waals surface area contributed by atoms with Crippen LogP contribution in [0.5, 0.6) is 0 Å². The average Bonchev–Trinajstić information content (AvgIpc) is 0.986. The minimum atomic E-state index is -4.98. The summed E-state index contributed by atoms with van der Waals surface area (Å²) in [4.78, 5) is 72.8. The number of ether oxygens (including phenoxy) is 4. The van der Waals surface area contributed by atoms with Gasteiger partial charge < -0.3 is 33.8 Å². The summed E-state index contributed by atoms with van der Waals surface area (Å²) in [5.74, 6) is -2.24. The fourth-order valence-corrected chi connectivity index (χ4v) is 12.0.